The molecule has 0 radical (unpaired) electrons. The van der Waals surface area contributed by atoms with Crippen LogP contribution in [0.3, 0.4) is 0 Å². The van der Waals surface area contributed by atoms with Gasteiger partial charge in [-0.3, -0.25) is 4.90 Å². The molecular formula is C17H22N4O2. The van der Waals surface area contributed by atoms with Crippen LogP contribution >= 0.6 is 0 Å². The molecule has 23 heavy (non-hydrogen) atoms. The summed E-state index contributed by atoms with van der Waals surface area (Å²) in [6, 6.07) is 5.09. The zero-order chi connectivity index (χ0) is 16.6. The van der Waals surface area contributed by atoms with E-state index in [0.717, 1.165) is 49.7 Å². The molecule has 0 unspecified atom stereocenters. The highest BCUT2D eigenvalue weighted by atomic mass is 16.4. The van der Waals surface area contributed by atoms with Crippen LogP contribution in [0, 0.1) is 0 Å². The average Bonchev–Trinajstić information content (AvgIpc) is 2.84. The predicted octanol–water partition coefficient (Wildman–Crippen LogP) is 1.97. The molecule has 0 bridgehead atoms. The number of hydrogen-bond donors (Lipinski definition) is 1. The summed E-state index contributed by atoms with van der Waals surface area (Å²) < 4.78 is 2.04. The minimum absolute atomic E-state index is 0.272. The van der Waals surface area contributed by atoms with Gasteiger partial charge in [-0.2, -0.15) is 0 Å². The third-order valence-electron chi connectivity index (χ3n) is 4.25. The third-order valence-corrected chi connectivity index (χ3v) is 4.25. The van der Waals surface area contributed by atoms with Crippen molar-refractivity contribution in [2.75, 3.05) is 37.6 Å². The van der Waals surface area contributed by atoms with Crippen molar-refractivity contribution in [2.45, 2.75) is 6.92 Å². The summed E-state index contributed by atoms with van der Waals surface area (Å²) in [5.41, 5.74) is 3.14. The number of piperazine rings is 1. The van der Waals surface area contributed by atoms with E-state index in [1.54, 1.807) is 12.1 Å². The number of nitrogens with zero attached hydrogens (tertiary/aromatic N) is 4. The predicted molar refractivity (Wildman–Crippen MR) is 91.1 cm³/mol. The lowest BCUT2D eigenvalue weighted by atomic mass is 10.2. The van der Waals surface area contributed by atoms with E-state index in [1.165, 1.54) is 5.57 Å². The van der Waals surface area contributed by atoms with E-state index in [-0.39, 0.29) is 5.56 Å². The van der Waals surface area contributed by atoms with Crippen LogP contribution in [0.15, 0.2) is 30.4 Å². The van der Waals surface area contributed by atoms with Gasteiger partial charge < -0.3 is 14.6 Å². The molecule has 3 rings (SSSR count). The highest BCUT2D eigenvalue weighted by Crippen LogP contribution is 2.23. The SMILES string of the molecule is C=C(C)CN1CCN(c2nc3cc(C(=O)O)ccc3n2C)CC1. The number of carboxylic acids is 1. The van der Waals surface area contributed by atoms with Gasteiger partial charge in [-0.25, -0.2) is 9.78 Å². The number of carbonyl (C=O) groups is 1. The van der Waals surface area contributed by atoms with Gasteiger partial charge >= 0.3 is 5.97 Å². The van der Waals surface area contributed by atoms with Crippen molar-refractivity contribution in [1.29, 1.82) is 0 Å². The van der Waals surface area contributed by atoms with Crippen molar-refractivity contribution in [3.05, 3.63) is 35.9 Å². The molecule has 1 aromatic heterocycles. The Morgan fingerprint density at radius 1 is 1.30 bits per heavy atom. The highest BCUT2D eigenvalue weighted by Gasteiger charge is 2.21. The van der Waals surface area contributed by atoms with E-state index < -0.39 is 5.97 Å². The van der Waals surface area contributed by atoms with Crippen molar-refractivity contribution >= 4 is 23.0 Å². The second-order valence-electron chi connectivity index (χ2n) is 6.20. The Hall–Kier alpha value is -2.34. The molecule has 2 heterocycles. The van der Waals surface area contributed by atoms with E-state index in [0.29, 0.717) is 0 Å². The summed E-state index contributed by atoms with van der Waals surface area (Å²) in [5.74, 6) is -0.0231. The van der Waals surface area contributed by atoms with Gasteiger partial charge in [0.15, 0.2) is 0 Å². The number of fused-ring (bicyclic) bond motifs is 1. The topological polar surface area (TPSA) is 61.6 Å². The molecule has 2 aromatic rings. The summed E-state index contributed by atoms with van der Waals surface area (Å²) in [4.78, 5) is 20.4. The van der Waals surface area contributed by atoms with Crippen LogP contribution in [0.1, 0.15) is 17.3 Å². The van der Waals surface area contributed by atoms with Crippen molar-refractivity contribution in [1.82, 2.24) is 14.5 Å². The van der Waals surface area contributed by atoms with E-state index in [1.807, 2.05) is 17.7 Å². The molecule has 6 heteroatoms. The van der Waals surface area contributed by atoms with Gasteiger partial charge in [-0.15, -0.1) is 0 Å². The molecule has 1 fully saturated rings. The molecule has 1 N–H and O–H groups in total. The smallest absolute Gasteiger partial charge is 0.335 e. The fraction of sp³-hybridized carbons (Fsp3) is 0.412. The molecule has 0 atom stereocenters. The maximum atomic E-state index is 11.1. The maximum Gasteiger partial charge on any atom is 0.335 e. The molecule has 0 aliphatic carbocycles. The minimum Gasteiger partial charge on any atom is -0.478 e. The number of benzene rings is 1. The molecule has 0 amide bonds. The molecule has 0 saturated carbocycles. The number of rotatable bonds is 4. The van der Waals surface area contributed by atoms with Crippen molar-refractivity contribution < 1.29 is 9.90 Å². The summed E-state index contributed by atoms with van der Waals surface area (Å²) in [7, 11) is 1.98. The number of hydrogen-bond acceptors (Lipinski definition) is 4. The lowest BCUT2D eigenvalue weighted by Crippen LogP contribution is -2.47. The molecule has 1 aliphatic heterocycles. The van der Waals surface area contributed by atoms with Gasteiger partial charge in [-0.1, -0.05) is 12.2 Å². The number of aromatic carboxylic acids is 1. The Morgan fingerprint density at radius 2 is 2.00 bits per heavy atom. The van der Waals surface area contributed by atoms with E-state index >= 15 is 0 Å². The highest BCUT2D eigenvalue weighted by molar-refractivity contribution is 5.93. The fourth-order valence-electron chi connectivity index (χ4n) is 3.09. The molecule has 1 aliphatic rings. The summed E-state index contributed by atoms with van der Waals surface area (Å²) in [5, 5.41) is 9.11. The summed E-state index contributed by atoms with van der Waals surface area (Å²) in [6.45, 7) is 10.8. The van der Waals surface area contributed by atoms with Crippen LogP contribution in [0.25, 0.3) is 11.0 Å². The zero-order valence-electron chi connectivity index (χ0n) is 13.6. The minimum atomic E-state index is -0.924. The Morgan fingerprint density at radius 3 is 2.61 bits per heavy atom. The van der Waals surface area contributed by atoms with Crippen molar-refractivity contribution in [3.63, 3.8) is 0 Å². The number of anilines is 1. The number of imidazole rings is 1. The van der Waals surface area contributed by atoms with Crippen molar-refractivity contribution in [2.24, 2.45) is 7.05 Å². The monoisotopic (exact) mass is 314 g/mol. The second-order valence-corrected chi connectivity index (χ2v) is 6.20. The molecular weight excluding hydrogens is 292 g/mol. The Balaban J connectivity index is 1.82. The fourth-order valence-corrected chi connectivity index (χ4v) is 3.09. The number of carboxylic acid groups (broad SMARTS) is 1. The normalized spacial score (nSPS) is 16.0. The van der Waals surface area contributed by atoms with E-state index in [4.69, 9.17) is 5.11 Å². The lowest BCUT2D eigenvalue weighted by molar-refractivity contribution is 0.0697. The standard InChI is InChI=1S/C17H22N4O2/c1-12(2)11-20-6-8-21(9-7-20)17-18-14-10-13(16(22)23)4-5-15(14)19(17)3/h4-5,10H,1,6-9,11H2,2-3H3,(H,22,23). The second kappa shape index (κ2) is 6.04. The van der Waals surface area contributed by atoms with Gasteiger partial charge in [0.25, 0.3) is 0 Å². The van der Waals surface area contributed by atoms with Gasteiger partial charge in [0.1, 0.15) is 0 Å². The van der Waals surface area contributed by atoms with Gasteiger partial charge in [0, 0.05) is 39.8 Å². The quantitative estimate of drug-likeness (QED) is 0.874. The molecule has 1 saturated heterocycles. The Bertz CT molecular complexity index is 757. The van der Waals surface area contributed by atoms with Crippen LogP contribution in [-0.4, -0.2) is 58.3 Å². The molecule has 6 nitrogen and oxygen atoms in total. The van der Waals surface area contributed by atoms with Crippen LogP contribution < -0.4 is 4.90 Å². The Labute approximate surface area is 135 Å². The average molecular weight is 314 g/mol. The first-order valence-electron chi connectivity index (χ1n) is 7.77. The first-order valence-corrected chi connectivity index (χ1v) is 7.77. The van der Waals surface area contributed by atoms with Gasteiger partial charge in [0.05, 0.1) is 16.6 Å². The van der Waals surface area contributed by atoms with Crippen LogP contribution in [0.2, 0.25) is 0 Å². The van der Waals surface area contributed by atoms with Crippen molar-refractivity contribution in [3.8, 4) is 0 Å². The van der Waals surface area contributed by atoms with E-state index in [2.05, 4.69) is 28.3 Å². The van der Waals surface area contributed by atoms with Crippen LogP contribution in [-0.2, 0) is 7.05 Å². The summed E-state index contributed by atoms with van der Waals surface area (Å²) in [6.07, 6.45) is 0. The Kier molecular flexibility index (Phi) is 4.09. The number of aromatic nitrogens is 2. The number of aryl methyl sites for hydroxylation is 1. The molecule has 0 spiro atoms. The molecule has 122 valence electrons. The van der Waals surface area contributed by atoms with E-state index in [9.17, 15) is 4.79 Å². The van der Waals surface area contributed by atoms with Crippen LogP contribution in [0.4, 0.5) is 5.95 Å². The van der Waals surface area contributed by atoms with Gasteiger partial charge in [0.2, 0.25) is 5.95 Å². The van der Waals surface area contributed by atoms with Gasteiger partial charge in [-0.05, 0) is 25.1 Å². The van der Waals surface area contributed by atoms with Crippen LogP contribution in [0.5, 0.6) is 0 Å². The zero-order valence-corrected chi connectivity index (χ0v) is 13.6. The third kappa shape index (κ3) is 3.07. The maximum absolute atomic E-state index is 11.1. The summed E-state index contributed by atoms with van der Waals surface area (Å²) >= 11 is 0. The largest absolute Gasteiger partial charge is 0.478 e. The lowest BCUT2D eigenvalue weighted by Gasteiger charge is -2.35. The first kappa shape index (κ1) is 15.6. The first-order chi connectivity index (χ1) is 11.0. The molecule has 1 aromatic carbocycles.